The van der Waals surface area contributed by atoms with Gasteiger partial charge in [0.25, 0.3) is 0 Å². The van der Waals surface area contributed by atoms with Crippen LogP contribution in [-0.2, 0) is 0 Å². The molecule has 0 N–H and O–H groups in total. The van der Waals surface area contributed by atoms with Gasteiger partial charge >= 0.3 is 0 Å². The lowest BCUT2D eigenvalue weighted by molar-refractivity contribution is 0.271. The highest BCUT2D eigenvalue weighted by Crippen LogP contribution is 2.13. The normalized spacial score (nSPS) is 11.8. The molecule has 4 heteroatoms. The smallest absolute Gasteiger partial charge is 0.119 e. The summed E-state index contributed by atoms with van der Waals surface area (Å²) in [6, 6.07) is 15.7. The second-order valence-electron chi connectivity index (χ2n) is 7.04. The Morgan fingerprint density at radius 1 is 0.654 bits per heavy atom. The summed E-state index contributed by atoms with van der Waals surface area (Å²) in [6.07, 6.45) is 3.45. The molecule has 2 aromatic rings. The van der Waals surface area contributed by atoms with Gasteiger partial charge in [0.05, 0.1) is 25.6 Å². The molecular weight excluding hydrogens is 324 g/mol. The molecule has 0 aliphatic carbocycles. The van der Waals surface area contributed by atoms with Crippen molar-refractivity contribution in [2.45, 2.75) is 27.7 Å². The van der Waals surface area contributed by atoms with E-state index in [1.807, 2.05) is 48.5 Å². The first-order valence-electron chi connectivity index (χ1n) is 9.05. The van der Waals surface area contributed by atoms with E-state index in [0.29, 0.717) is 11.8 Å². The quantitative estimate of drug-likeness (QED) is 0.459. The van der Waals surface area contributed by atoms with Crippen LogP contribution < -0.4 is 9.47 Å². The SMILES string of the molecule is CC(C)COc1ccc(C=NN=Cc2ccc(OCC(C)C)cc2)cc1. The summed E-state index contributed by atoms with van der Waals surface area (Å²) in [4.78, 5) is 0. The third-order valence-electron chi connectivity index (χ3n) is 3.41. The van der Waals surface area contributed by atoms with Crippen molar-refractivity contribution in [2.75, 3.05) is 13.2 Å². The Morgan fingerprint density at radius 2 is 1.00 bits per heavy atom. The zero-order valence-electron chi connectivity index (χ0n) is 16.1. The second-order valence-corrected chi connectivity index (χ2v) is 7.04. The first kappa shape index (κ1) is 19.7. The van der Waals surface area contributed by atoms with Crippen LogP contribution in [-0.4, -0.2) is 25.6 Å². The molecule has 0 heterocycles. The van der Waals surface area contributed by atoms with Gasteiger partial charge in [-0.25, -0.2) is 0 Å². The Labute approximate surface area is 156 Å². The summed E-state index contributed by atoms with van der Waals surface area (Å²) in [5, 5.41) is 8.19. The van der Waals surface area contributed by atoms with E-state index < -0.39 is 0 Å². The van der Waals surface area contributed by atoms with Gasteiger partial charge in [-0.3, -0.25) is 0 Å². The minimum Gasteiger partial charge on any atom is -0.493 e. The molecule has 2 aromatic carbocycles. The average Bonchev–Trinajstić information content (AvgIpc) is 2.63. The number of hydrogen-bond donors (Lipinski definition) is 0. The van der Waals surface area contributed by atoms with E-state index in [0.717, 1.165) is 35.8 Å². The molecular formula is C22H28N2O2. The zero-order valence-corrected chi connectivity index (χ0v) is 16.1. The molecule has 0 aromatic heterocycles. The summed E-state index contributed by atoms with van der Waals surface area (Å²) in [5.41, 5.74) is 1.97. The number of hydrogen-bond acceptors (Lipinski definition) is 4. The Hall–Kier alpha value is -2.62. The van der Waals surface area contributed by atoms with E-state index in [-0.39, 0.29) is 0 Å². The molecule has 0 spiro atoms. The van der Waals surface area contributed by atoms with Crippen molar-refractivity contribution >= 4 is 12.4 Å². The van der Waals surface area contributed by atoms with Gasteiger partial charge in [-0.05, 0) is 71.5 Å². The van der Waals surface area contributed by atoms with Crippen LogP contribution in [0.25, 0.3) is 0 Å². The summed E-state index contributed by atoms with van der Waals surface area (Å²) < 4.78 is 11.3. The maximum Gasteiger partial charge on any atom is 0.119 e. The Balaban J connectivity index is 1.83. The number of rotatable bonds is 9. The monoisotopic (exact) mass is 352 g/mol. The summed E-state index contributed by atoms with van der Waals surface area (Å²) in [7, 11) is 0. The van der Waals surface area contributed by atoms with E-state index in [1.165, 1.54) is 0 Å². The Bertz CT molecular complexity index is 638. The van der Waals surface area contributed by atoms with Crippen LogP contribution in [0, 0.1) is 11.8 Å². The van der Waals surface area contributed by atoms with Crippen molar-refractivity contribution < 1.29 is 9.47 Å². The topological polar surface area (TPSA) is 43.2 Å². The Morgan fingerprint density at radius 3 is 1.31 bits per heavy atom. The molecule has 0 saturated carbocycles. The Kier molecular flexibility index (Phi) is 7.87. The molecule has 0 atom stereocenters. The van der Waals surface area contributed by atoms with Gasteiger partial charge in [0, 0.05) is 0 Å². The maximum absolute atomic E-state index is 5.66. The minimum absolute atomic E-state index is 0.515. The lowest BCUT2D eigenvalue weighted by Gasteiger charge is -2.08. The summed E-state index contributed by atoms with van der Waals surface area (Å²) >= 11 is 0. The van der Waals surface area contributed by atoms with E-state index in [4.69, 9.17) is 9.47 Å². The van der Waals surface area contributed by atoms with E-state index in [9.17, 15) is 0 Å². The van der Waals surface area contributed by atoms with Crippen molar-refractivity contribution in [1.29, 1.82) is 0 Å². The fraction of sp³-hybridized carbons (Fsp3) is 0.364. The minimum atomic E-state index is 0.515. The molecule has 0 fully saturated rings. The largest absolute Gasteiger partial charge is 0.493 e. The molecule has 2 rings (SSSR count). The van der Waals surface area contributed by atoms with Crippen LogP contribution in [0.3, 0.4) is 0 Å². The van der Waals surface area contributed by atoms with E-state index in [1.54, 1.807) is 12.4 Å². The predicted octanol–water partition coefficient (Wildman–Crippen LogP) is 5.21. The highest BCUT2D eigenvalue weighted by Gasteiger charge is 1.98. The van der Waals surface area contributed by atoms with Gasteiger partial charge in [-0.2, -0.15) is 10.2 Å². The van der Waals surface area contributed by atoms with Gasteiger partial charge in [-0.15, -0.1) is 0 Å². The molecule has 0 saturated heterocycles. The summed E-state index contributed by atoms with van der Waals surface area (Å²) in [6.45, 7) is 9.96. The van der Waals surface area contributed by atoms with E-state index in [2.05, 4.69) is 37.9 Å². The predicted molar refractivity (Wildman–Crippen MR) is 109 cm³/mol. The second kappa shape index (κ2) is 10.4. The van der Waals surface area contributed by atoms with Crippen LogP contribution in [0.5, 0.6) is 11.5 Å². The maximum atomic E-state index is 5.66. The average molecular weight is 352 g/mol. The molecule has 0 aliphatic rings. The third-order valence-corrected chi connectivity index (χ3v) is 3.41. The lowest BCUT2D eigenvalue weighted by Crippen LogP contribution is -2.04. The first-order chi connectivity index (χ1) is 12.5. The van der Waals surface area contributed by atoms with Gasteiger partial charge < -0.3 is 9.47 Å². The zero-order chi connectivity index (χ0) is 18.8. The van der Waals surface area contributed by atoms with Crippen LogP contribution in [0.2, 0.25) is 0 Å². The van der Waals surface area contributed by atoms with Gasteiger partial charge in [-0.1, -0.05) is 27.7 Å². The van der Waals surface area contributed by atoms with Crippen molar-refractivity contribution in [2.24, 2.45) is 22.0 Å². The van der Waals surface area contributed by atoms with Crippen LogP contribution in [0.15, 0.2) is 58.7 Å². The number of nitrogens with zero attached hydrogens (tertiary/aromatic N) is 2. The lowest BCUT2D eigenvalue weighted by atomic mass is 10.2. The van der Waals surface area contributed by atoms with Crippen molar-refractivity contribution in [1.82, 2.24) is 0 Å². The fourth-order valence-electron chi connectivity index (χ4n) is 2.03. The number of ether oxygens (including phenoxy) is 2. The molecule has 4 nitrogen and oxygen atoms in total. The molecule has 138 valence electrons. The molecule has 0 radical (unpaired) electrons. The fourth-order valence-corrected chi connectivity index (χ4v) is 2.03. The van der Waals surface area contributed by atoms with Crippen molar-refractivity contribution in [3.63, 3.8) is 0 Å². The first-order valence-corrected chi connectivity index (χ1v) is 9.05. The molecule has 0 unspecified atom stereocenters. The van der Waals surface area contributed by atoms with Crippen molar-refractivity contribution in [3.8, 4) is 11.5 Å². The van der Waals surface area contributed by atoms with Gasteiger partial charge in [0.1, 0.15) is 11.5 Å². The number of benzene rings is 2. The van der Waals surface area contributed by atoms with Crippen LogP contribution >= 0.6 is 0 Å². The van der Waals surface area contributed by atoms with Gasteiger partial charge in [0.2, 0.25) is 0 Å². The standard InChI is InChI=1S/C22H28N2O2/c1-17(2)15-25-21-9-5-19(6-10-21)13-23-24-14-20-7-11-22(12-8-20)26-16-18(3)4/h5-14,17-18H,15-16H2,1-4H3. The van der Waals surface area contributed by atoms with Crippen molar-refractivity contribution in [3.05, 3.63) is 59.7 Å². The van der Waals surface area contributed by atoms with Crippen LogP contribution in [0.1, 0.15) is 38.8 Å². The van der Waals surface area contributed by atoms with E-state index >= 15 is 0 Å². The highest BCUT2D eigenvalue weighted by molar-refractivity contribution is 5.82. The molecule has 0 bridgehead atoms. The highest BCUT2D eigenvalue weighted by atomic mass is 16.5. The summed E-state index contributed by atoms with van der Waals surface area (Å²) in [5.74, 6) is 2.78. The van der Waals surface area contributed by atoms with Crippen LogP contribution in [0.4, 0.5) is 0 Å². The van der Waals surface area contributed by atoms with Gasteiger partial charge in [0.15, 0.2) is 0 Å². The molecule has 0 amide bonds. The molecule has 26 heavy (non-hydrogen) atoms. The third kappa shape index (κ3) is 7.51. The molecule has 0 aliphatic heterocycles.